The molecular formula is C30H30N4. The number of amidine groups is 2. The molecular weight excluding hydrogens is 416 g/mol. The molecule has 4 aromatic rings. The summed E-state index contributed by atoms with van der Waals surface area (Å²) in [5, 5.41) is 7.00. The van der Waals surface area contributed by atoms with E-state index >= 15 is 0 Å². The van der Waals surface area contributed by atoms with E-state index in [1.54, 1.807) is 0 Å². The van der Waals surface area contributed by atoms with Gasteiger partial charge in [0.15, 0.2) is 0 Å². The predicted octanol–water partition coefficient (Wildman–Crippen LogP) is 8.23. The highest BCUT2D eigenvalue weighted by Crippen LogP contribution is 2.17. The number of benzene rings is 4. The van der Waals surface area contributed by atoms with Gasteiger partial charge in [-0.15, -0.1) is 0 Å². The summed E-state index contributed by atoms with van der Waals surface area (Å²) in [7, 11) is 0. The van der Waals surface area contributed by atoms with E-state index in [4.69, 9.17) is 9.98 Å². The summed E-state index contributed by atoms with van der Waals surface area (Å²) < 4.78 is 0. The molecule has 0 fully saturated rings. The van der Waals surface area contributed by atoms with Crippen LogP contribution in [-0.4, -0.2) is 11.7 Å². The minimum Gasteiger partial charge on any atom is -0.344 e. The summed E-state index contributed by atoms with van der Waals surface area (Å²) >= 11 is 0. The molecule has 0 unspecified atom stereocenters. The second-order valence-corrected chi connectivity index (χ2v) is 7.98. The summed E-state index contributed by atoms with van der Waals surface area (Å²) in [6.07, 6.45) is 3.70. The zero-order valence-corrected chi connectivity index (χ0v) is 19.3. The van der Waals surface area contributed by atoms with Gasteiger partial charge in [-0.05, 0) is 61.4 Å². The molecule has 0 amide bonds. The molecule has 4 nitrogen and oxygen atoms in total. The third-order valence-electron chi connectivity index (χ3n) is 5.24. The average Bonchev–Trinajstić information content (AvgIpc) is 2.89. The first kappa shape index (κ1) is 23.0. The lowest BCUT2D eigenvalue weighted by Gasteiger charge is -2.12. The lowest BCUT2D eigenvalue weighted by molar-refractivity contribution is 0.793. The fraction of sp³-hybridized carbons (Fsp3) is 0.133. The SMILES string of the molecule is c1ccc(N=C(CCCCC(=Nc2ccccc2)Nc2ccccc2)Nc2ccccc2)cc1. The van der Waals surface area contributed by atoms with Gasteiger partial charge in [-0.2, -0.15) is 0 Å². The molecule has 0 aliphatic heterocycles. The number of rotatable bonds is 9. The van der Waals surface area contributed by atoms with Gasteiger partial charge < -0.3 is 10.6 Å². The normalized spacial score (nSPS) is 11.8. The van der Waals surface area contributed by atoms with Gasteiger partial charge in [-0.25, -0.2) is 9.98 Å². The highest BCUT2D eigenvalue weighted by molar-refractivity contribution is 5.98. The molecule has 0 heterocycles. The lowest BCUT2D eigenvalue weighted by atomic mass is 10.1. The number of hydrogen-bond donors (Lipinski definition) is 2. The zero-order chi connectivity index (χ0) is 23.3. The summed E-state index contributed by atoms with van der Waals surface area (Å²) in [5.74, 6) is 1.94. The van der Waals surface area contributed by atoms with Crippen LogP contribution in [0.25, 0.3) is 0 Å². The number of para-hydroxylation sites is 4. The quantitative estimate of drug-likeness (QED) is 0.154. The standard InChI is InChI=1S/C30H30N4/c1-5-15-25(16-6-1)31-29(32-26-17-7-2-8-18-26)23-13-14-24-30(33-27-19-9-3-10-20-27)34-28-21-11-4-12-22-28/h1-12,15-22H,13-14,23-24H2,(H,31,32)(H,33,34). The number of unbranched alkanes of at least 4 members (excludes halogenated alkanes) is 1. The molecule has 0 saturated heterocycles. The van der Waals surface area contributed by atoms with E-state index in [-0.39, 0.29) is 0 Å². The van der Waals surface area contributed by atoms with Crippen LogP contribution in [0, 0.1) is 0 Å². The van der Waals surface area contributed by atoms with Gasteiger partial charge in [0.25, 0.3) is 0 Å². The van der Waals surface area contributed by atoms with Gasteiger partial charge in [0.1, 0.15) is 11.7 Å². The Labute approximate surface area is 202 Å². The van der Waals surface area contributed by atoms with E-state index in [1.807, 2.05) is 97.1 Å². The van der Waals surface area contributed by atoms with Crippen molar-refractivity contribution in [2.24, 2.45) is 9.98 Å². The predicted molar refractivity (Wildman–Crippen MR) is 146 cm³/mol. The van der Waals surface area contributed by atoms with Crippen LogP contribution in [0.15, 0.2) is 131 Å². The molecule has 0 radical (unpaired) electrons. The highest BCUT2D eigenvalue weighted by Gasteiger charge is 2.05. The molecule has 0 atom stereocenters. The van der Waals surface area contributed by atoms with Crippen LogP contribution in [0.5, 0.6) is 0 Å². The second-order valence-electron chi connectivity index (χ2n) is 7.98. The van der Waals surface area contributed by atoms with Crippen molar-refractivity contribution in [1.29, 1.82) is 0 Å². The summed E-state index contributed by atoms with van der Waals surface area (Å²) in [6.45, 7) is 0. The molecule has 2 N–H and O–H groups in total. The van der Waals surface area contributed by atoms with Crippen molar-refractivity contribution >= 4 is 34.4 Å². The molecule has 0 bridgehead atoms. The molecule has 4 rings (SSSR count). The van der Waals surface area contributed by atoms with E-state index in [2.05, 4.69) is 34.9 Å². The van der Waals surface area contributed by atoms with Gasteiger partial charge in [-0.1, -0.05) is 72.8 Å². The van der Waals surface area contributed by atoms with Crippen LogP contribution in [0.1, 0.15) is 25.7 Å². The zero-order valence-electron chi connectivity index (χ0n) is 19.3. The molecule has 0 aromatic heterocycles. The van der Waals surface area contributed by atoms with Gasteiger partial charge in [0, 0.05) is 24.2 Å². The molecule has 0 aliphatic carbocycles. The fourth-order valence-electron chi connectivity index (χ4n) is 3.57. The minimum absolute atomic E-state index is 0.855. The first-order valence-corrected chi connectivity index (χ1v) is 11.7. The monoisotopic (exact) mass is 446 g/mol. The first-order valence-electron chi connectivity index (χ1n) is 11.7. The van der Waals surface area contributed by atoms with E-state index in [0.717, 1.165) is 60.1 Å². The van der Waals surface area contributed by atoms with Gasteiger partial charge in [0.2, 0.25) is 0 Å². The lowest BCUT2D eigenvalue weighted by Crippen LogP contribution is -2.14. The maximum Gasteiger partial charge on any atom is 0.107 e. The highest BCUT2D eigenvalue weighted by atomic mass is 15.0. The van der Waals surface area contributed by atoms with Crippen molar-refractivity contribution in [2.45, 2.75) is 25.7 Å². The first-order chi connectivity index (χ1) is 16.8. The molecule has 4 aromatic carbocycles. The Bertz CT molecular complexity index is 1070. The van der Waals surface area contributed by atoms with Gasteiger partial charge in [0.05, 0.1) is 11.4 Å². The third-order valence-corrected chi connectivity index (χ3v) is 5.24. The number of aliphatic imine (C=N–C) groups is 2. The number of nitrogens with one attached hydrogen (secondary N) is 2. The molecule has 0 aliphatic rings. The third kappa shape index (κ3) is 7.75. The van der Waals surface area contributed by atoms with Crippen LogP contribution in [0.3, 0.4) is 0 Å². The second kappa shape index (κ2) is 12.8. The van der Waals surface area contributed by atoms with Crippen molar-refractivity contribution in [3.05, 3.63) is 121 Å². The van der Waals surface area contributed by atoms with E-state index in [0.29, 0.717) is 0 Å². The number of anilines is 2. The summed E-state index contributed by atoms with van der Waals surface area (Å²) in [5.41, 5.74) is 4.01. The Balaban J connectivity index is 1.41. The van der Waals surface area contributed by atoms with Crippen LogP contribution < -0.4 is 10.6 Å². The molecule has 34 heavy (non-hydrogen) atoms. The summed E-state index contributed by atoms with van der Waals surface area (Å²) in [4.78, 5) is 9.73. The maximum atomic E-state index is 4.87. The average molecular weight is 447 g/mol. The van der Waals surface area contributed by atoms with Gasteiger partial charge in [-0.3, -0.25) is 0 Å². The van der Waals surface area contributed by atoms with Crippen LogP contribution in [0.2, 0.25) is 0 Å². The Kier molecular flexibility index (Phi) is 8.63. The molecule has 4 heteroatoms. The molecule has 0 saturated carbocycles. The molecule has 170 valence electrons. The van der Waals surface area contributed by atoms with Crippen LogP contribution >= 0.6 is 0 Å². The van der Waals surface area contributed by atoms with Gasteiger partial charge >= 0.3 is 0 Å². The van der Waals surface area contributed by atoms with Crippen molar-refractivity contribution in [3.8, 4) is 0 Å². The minimum atomic E-state index is 0.855. The Morgan fingerprint density at radius 2 is 0.765 bits per heavy atom. The van der Waals surface area contributed by atoms with Crippen molar-refractivity contribution < 1.29 is 0 Å². The van der Waals surface area contributed by atoms with Crippen molar-refractivity contribution in [1.82, 2.24) is 0 Å². The van der Waals surface area contributed by atoms with Crippen LogP contribution in [0.4, 0.5) is 22.7 Å². The van der Waals surface area contributed by atoms with Crippen molar-refractivity contribution in [3.63, 3.8) is 0 Å². The number of hydrogen-bond acceptors (Lipinski definition) is 2. The van der Waals surface area contributed by atoms with Crippen LogP contribution in [-0.2, 0) is 0 Å². The topological polar surface area (TPSA) is 48.8 Å². The summed E-state index contributed by atoms with van der Waals surface area (Å²) in [6, 6.07) is 40.6. The maximum absolute atomic E-state index is 4.87. The van der Waals surface area contributed by atoms with E-state index in [1.165, 1.54) is 0 Å². The number of nitrogens with zero attached hydrogens (tertiary/aromatic N) is 2. The smallest absolute Gasteiger partial charge is 0.107 e. The van der Waals surface area contributed by atoms with E-state index in [9.17, 15) is 0 Å². The van der Waals surface area contributed by atoms with E-state index < -0.39 is 0 Å². The molecule has 0 spiro atoms. The van der Waals surface area contributed by atoms with Crippen molar-refractivity contribution in [2.75, 3.05) is 10.6 Å². The Morgan fingerprint density at radius 1 is 0.441 bits per heavy atom. The largest absolute Gasteiger partial charge is 0.344 e. The Morgan fingerprint density at radius 3 is 1.12 bits per heavy atom. The Hall–Kier alpha value is -4.18. The fourth-order valence-corrected chi connectivity index (χ4v) is 3.57.